The van der Waals surface area contributed by atoms with E-state index in [-0.39, 0.29) is 12.1 Å². The van der Waals surface area contributed by atoms with Gasteiger partial charge in [-0.2, -0.15) is 0 Å². The molecule has 0 bridgehead atoms. The van der Waals surface area contributed by atoms with Crippen molar-refractivity contribution in [3.63, 3.8) is 0 Å². The summed E-state index contributed by atoms with van der Waals surface area (Å²) in [6.45, 7) is 4.76. The van der Waals surface area contributed by atoms with Crippen LogP contribution in [-0.4, -0.2) is 56.9 Å². The van der Waals surface area contributed by atoms with Crippen LogP contribution in [0.15, 0.2) is 41.8 Å². The van der Waals surface area contributed by atoms with Gasteiger partial charge in [-0.05, 0) is 48.8 Å². The van der Waals surface area contributed by atoms with Crippen LogP contribution in [0.3, 0.4) is 0 Å². The van der Waals surface area contributed by atoms with E-state index in [9.17, 15) is 4.79 Å². The van der Waals surface area contributed by atoms with Crippen molar-refractivity contribution in [2.24, 2.45) is 5.92 Å². The molecule has 1 N–H and O–H groups in total. The van der Waals surface area contributed by atoms with Crippen LogP contribution >= 0.6 is 11.3 Å². The number of urea groups is 1. The zero-order valence-corrected chi connectivity index (χ0v) is 18.4. The minimum Gasteiger partial charge on any atom is -0.497 e. The number of hydrogen-bond acceptors (Lipinski definition) is 5. The highest BCUT2D eigenvalue weighted by Crippen LogP contribution is 2.26. The molecule has 162 valence electrons. The summed E-state index contributed by atoms with van der Waals surface area (Å²) < 4.78 is 11.1. The van der Waals surface area contributed by atoms with Crippen LogP contribution in [0.4, 0.5) is 10.5 Å². The maximum Gasteiger partial charge on any atom is 0.317 e. The van der Waals surface area contributed by atoms with Crippen molar-refractivity contribution in [2.45, 2.75) is 31.9 Å². The molecule has 2 aromatic rings. The fourth-order valence-corrected chi connectivity index (χ4v) is 4.95. The van der Waals surface area contributed by atoms with Crippen molar-refractivity contribution in [1.82, 2.24) is 10.2 Å². The minimum atomic E-state index is 0.0127. The van der Waals surface area contributed by atoms with Gasteiger partial charge in [0.25, 0.3) is 0 Å². The molecule has 0 aliphatic carbocycles. The number of anilines is 1. The van der Waals surface area contributed by atoms with Crippen LogP contribution in [0.2, 0.25) is 0 Å². The minimum absolute atomic E-state index is 0.0127. The van der Waals surface area contributed by atoms with Gasteiger partial charge in [0.2, 0.25) is 0 Å². The van der Waals surface area contributed by atoms with Gasteiger partial charge in [-0.1, -0.05) is 12.1 Å². The number of benzene rings is 1. The number of amides is 2. The summed E-state index contributed by atoms with van der Waals surface area (Å²) in [5.41, 5.74) is 1.18. The summed E-state index contributed by atoms with van der Waals surface area (Å²) in [4.78, 5) is 18.5. The van der Waals surface area contributed by atoms with E-state index in [1.807, 2.05) is 23.1 Å². The Labute approximate surface area is 182 Å². The molecule has 3 heterocycles. The highest BCUT2D eigenvalue weighted by atomic mass is 32.1. The Bertz CT molecular complexity index is 808. The molecule has 1 aromatic heterocycles. The quantitative estimate of drug-likeness (QED) is 0.690. The van der Waals surface area contributed by atoms with E-state index in [0.29, 0.717) is 25.6 Å². The molecule has 4 rings (SSSR count). The fourth-order valence-electron chi connectivity index (χ4n) is 4.23. The SMILES string of the molecule is COc1cccc(N2CCC(CNC(=O)N(Cc3cccs3)CC3CCCO3)C2)c1. The van der Waals surface area contributed by atoms with Crippen LogP contribution < -0.4 is 15.0 Å². The fraction of sp³-hybridized carbons (Fsp3) is 0.522. The molecular formula is C23H31N3O3S. The molecule has 7 heteroatoms. The summed E-state index contributed by atoms with van der Waals surface area (Å²) in [6, 6.07) is 12.3. The largest absolute Gasteiger partial charge is 0.497 e. The van der Waals surface area contributed by atoms with Crippen molar-refractivity contribution in [3.05, 3.63) is 46.7 Å². The monoisotopic (exact) mass is 429 g/mol. The molecule has 6 nitrogen and oxygen atoms in total. The van der Waals surface area contributed by atoms with E-state index >= 15 is 0 Å². The van der Waals surface area contributed by atoms with Gasteiger partial charge in [-0.25, -0.2) is 4.79 Å². The van der Waals surface area contributed by atoms with E-state index in [1.54, 1.807) is 18.4 Å². The first-order chi connectivity index (χ1) is 14.7. The molecule has 2 fully saturated rings. The van der Waals surface area contributed by atoms with Crippen molar-refractivity contribution in [1.29, 1.82) is 0 Å². The van der Waals surface area contributed by atoms with Crippen LogP contribution in [0.5, 0.6) is 5.75 Å². The predicted octanol–water partition coefficient (Wildman–Crippen LogP) is 3.97. The van der Waals surface area contributed by atoms with Gasteiger partial charge >= 0.3 is 6.03 Å². The Hall–Kier alpha value is -2.25. The van der Waals surface area contributed by atoms with Crippen LogP contribution in [0.1, 0.15) is 24.1 Å². The number of rotatable bonds is 8. The van der Waals surface area contributed by atoms with Crippen molar-refractivity contribution < 1.29 is 14.3 Å². The number of hydrogen-bond donors (Lipinski definition) is 1. The maximum absolute atomic E-state index is 13.0. The molecular weight excluding hydrogens is 398 g/mol. The third kappa shape index (κ3) is 5.46. The number of nitrogens with zero attached hydrogens (tertiary/aromatic N) is 2. The molecule has 2 amide bonds. The van der Waals surface area contributed by atoms with Gasteiger partial charge in [0.1, 0.15) is 5.75 Å². The molecule has 2 aliphatic heterocycles. The number of carbonyl (C=O) groups excluding carboxylic acids is 1. The third-order valence-corrected chi connectivity index (χ3v) is 6.77. The second-order valence-corrected chi connectivity index (χ2v) is 9.12. The van der Waals surface area contributed by atoms with Crippen LogP contribution in [0.25, 0.3) is 0 Å². The lowest BCUT2D eigenvalue weighted by Gasteiger charge is -2.26. The Morgan fingerprint density at radius 3 is 3.03 bits per heavy atom. The van der Waals surface area contributed by atoms with E-state index in [1.165, 1.54) is 10.6 Å². The van der Waals surface area contributed by atoms with Gasteiger partial charge in [0.05, 0.1) is 19.8 Å². The number of thiophene rings is 1. The molecule has 1 aromatic carbocycles. The molecule has 0 saturated carbocycles. The molecule has 2 aliphatic rings. The summed E-state index contributed by atoms with van der Waals surface area (Å²) in [7, 11) is 1.69. The lowest BCUT2D eigenvalue weighted by atomic mass is 10.1. The molecule has 30 heavy (non-hydrogen) atoms. The Morgan fingerprint density at radius 2 is 2.27 bits per heavy atom. The Balaban J connectivity index is 1.30. The molecule has 0 radical (unpaired) electrons. The van der Waals surface area contributed by atoms with Crippen LogP contribution in [-0.2, 0) is 11.3 Å². The average molecular weight is 430 g/mol. The average Bonchev–Trinajstić information content (AvgIpc) is 3.54. The topological polar surface area (TPSA) is 54.0 Å². The first-order valence-electron chi connectivity index (χ1n) is 10.8. The van der Waals surface area contributed by atoms with Crippen molar-refractivity contribution in [2.75, 3.05) is 44.8 Å². The normalized spacial score (nSPS) is 21.0. The number of methoxy groups -OCH3 is 1. The zero-order valence-electron chi connectivity index (χ0n) is 17.6. The lowest BCUT2D eigenvalue weighted by molar-refractivity contribution is 0.0796. The maximum atomic E-state index is 13.0. The first kappa shape index (κ1) is 21.0. The Morgan fingerprint density at radius 1 is 1.33 bits per heavy atom. The number of carbonyl (C=O) groups is 1. The van der Waals surface area contributed by atoms with Gasteiger partial charge < -0.3 is 24.6 Å². The zero-order chi connectivity index (χ0) is 20.8. The second-order valence-electron chi connectivity index (χ2n) is 8.08. The standard InChI is InChI=1S/C23H31N3O3S/c1-28-20-6-2-5-19(13-20)25-10-9-18(15-25)14-24-23(27)26(16-21-7-3-11-29-21)17-22-8-4-12-30-22/h2,4-6,8,12-13,18,21H,3,7,9-11,14-17H2,1H3,(H,24,27). The molecule has 2 atom stereocenters. The molecule has 2 unspecified atom stereocenters. The van der Waals surface area contributed by atoms with Crippen LogP contribution in [0, 0.1) is 5.92 Å². The summed E-state index contributed by atoms with van der Waals surface area (Å²) in [6.07, 6.45) is 3.35. The van der Waals surface area contributed by atoms with E-state index < -0.39 is 0 Å². The van der Waals surface area contributed by atoms with Gasteiger partial charge in [-0.3, -0.25) is 0 Å². The third-order valence-electron chi connectivity index (χ3n) is 5.91. The second kappa shape index (κ2) is 10.2. The summed E-state index contributed by atoms with van der Waals surface area (Å²) in [5, 5.41) is 5.25. The summed E-state index contributed by atoms with van der Waals surface area (Å²) >= 11 is 1.69. The molecule has 2 saturated heterocycles. The van der Waals surface area contributed by atoms with E-state index in [4.69, 9.17) is 9.47 Å². The van der Waals surface area contributed by atoms with E-state index in [2.05, 4.69) is 33.8 Å². The van der Waals surface area contributed by atoms with Crippen molar-refractivity contribution >= 4 is 23.1 Å². The lowest BCUT2D eigenvalue weighted by Crippen LogP contribution is -2.44. The van der Waals surface area contributed by atoms with Gasteiger partial charge in [0.15, 0.2) is 0 Å². The summed E-state index contributed by atoms with van der Waals surface area (Å²) in [5.74, 6) is 1.33. The van der Waals surface area contributed by atoms with Gasteiger partial charge in [0, 0.05) is 49.4 Å². The van der Waals surface area contributed by atoms with Crippen molar-refractivity contribution in [3.8, 4) is 5.75 Å². The molecule has 0 spiro atoms. The predicted molar refractivity (Wildman–Crippen MR) is 120 cm³/mol. The number of ether oxygens (including phenoxy) is 2. The number of nitrogens with one attached hydrogen (secondary N) is 1. The smallest absolute Gasteiger partial charge is 0.317 e. The Kier molecular flexibility index (Phi) is 7.12. The first-order valence-corrected chi connectivity index (χ1v) is 11.6. The van der Waals surface area contributed by atoms with E-state index in [0.717, 1.165) is 44.7 Å². The highest BCUT2D eigenvalue weighted by molar-refractivity contribution is 7.09. The van der Waals surface area contributed by atoms with Gasteiger partial charge in [-0.15, -0.1) is 11.3 Å². The highest BCUT2D eigenvalue weighted by Gasteiger charge is 2.26.